The van der Waals surface area contributed by atoms with Crippen LogP contribution in [-0.4, -0.2) is 29.4 Å². The van der Waals surface area contributed by atoms with E-state index >= 15 is 0 Å². The van der Waals surface area contributed by atoms with Crippen LogP contribution in [-0.2, 0) is 9.59 Å². The van der Waals surface area contributed by atoms with Gasteiger partial charge in [-0.25, -0.2) is 0 Å². The molecule has 0 heterocycles. The molecule has 1 aromatic carbocycles. The van der Waals surface area contributed by atoms with E-state index in [1.807, 2.05) is 0 Å². The minimum Gasteiger partial charge on any atom is -0.480 e. The summed E-state index contributed by atoms with van der Waals surface area (Å²) in [6.07, 6.45) is 1.42. The molecule has 0 saturated carbocycles. The summed E-state index contributed by atoms with van der Waals surface area (Å²) in [4.78, 5) is 34.1. The second-order valence-corrected chi connectivity index (χ2v) is 5.82. The smallest absolute Gasteiger partial charge is 0.322 e. The maximum atomic E-state index is 12.0. The Balaban J connectivity index is 2.58. The first-order valence-corrected chi connectivity index (χ1v) is 7.73. The third-order valence-corrected chi connectivity index (χ3v) is 3.75. The monoisotopic (exact) mass is 320 g/mol. The largest absolute Gasteiger partial charge is 0.480 e. The van der Waals surface area contributed by atoms with Gasteiger partial charge >= 0.3 is 5.97 Å². The van der Waals surface area contributed by atoms with E-state index in [-0.39, 0.29) is 5.91 Å². The molecule has 0 aromatic heterocycles. The van der Waals surface area contributed by atoms with Crippen LogP contribution in [0, 0.1) is 11.8 Å². The molecule has 2 amide bonds. The number of aliphatic carboxylic acids is 1. The minimum atomic E-state index is -1.10. The molecule has 1 rings (SSSR count). The number of carbonyl (C=O) groups excluding carboxylic acids is 2. The Morgan fingerprint density at radius 3 is 2.22 bits per heavy atom. The lowest BCUT2D eigenvalue weighted by molar-refractivity contribution is -0.135. The highest BCUT2D eigenvalue weighted by Gasteiger charge is 2.16. The van der Waals surface area contributed by atoms with E-state index < -0.39 is 18.4 Å². The van der Waals surface area contributed by atoms with Crippen molar-refractivity contribution in [2.75, 3.05) is 11.9 Å². The van der Waals surface area contributed by atoms with Crippen molar-refractivity contribution in [3.8, 4) is 0 Å². The van der Waals surface area contributed by atoms with Crippen LogP contribution in [0.4, 0.5) is 5.69 Å². The number of anilines is 1. The highest BCUT2D eigenvalue weighted by molar-refractivity contribution is 5.97. The van der Waals surface area contributed by atoms with E-state index in [9.17, 15) is 14.4 Å². The van der Waals surface area contributed by atoms with Gasteiger partial charge in [0.2, 0.25) is 5.91 Å². The van der Waals surface area contributed by atoms with Crippen molar-refractivity contribution >= 4 is 23.5 Å². The highest BCUT2D eigenvalue weighted by Crippen LogP contribution is 2.20. The number of hydrogen-bond acceptors (Lipinski definition) is 3. The predicted molar refractivity (Wildman–Crippen MR) is 88.3 cm³/mol. The van der Waals surface area contributed by atoms with E-state index in [1.165, 1.54) is 0 Å². The molecule has 0 aliphatic rings. The Kier molecular flexibility index (Phi) is 7.25. The number of rotatable bonds is 8. The van der Waals surface area contributed by atoms with Crippen molar-refractivity contribution in [1.29, 1.82) is 0 Å². The zero-order valence-corrected chi connectivity index (χ0v) is 13.8. The molecule has 0 fully saturated rings. The molecule has 0 bridgehead atoms. The lowest BCUT2D eigenvalue weighted by Crippen LogP contribution is -2.29. The van der Waals surface area contributed by atoms with Gasteiger partial charge in [0.15, 0.2) is 0 Å². The molecule has 0 aliphatic carbocycles. The average Bonchev–Trinajstić information content (AvgIpc) is 2.50. The zero-order chi connectivity index (χ0) is 17.4. The topological polar surface area (TPSA) is 95.5 Å². The van der Waals surface area contributed by atoms with Gasteiger partial charge in [-0.1, -0.05) is 27.2 Å². The third kappa shape index (κ3) is 6.50. The summed E-state index contributed by atoms with van der Waals surface area (Å²) in [6, 6.07) is 6.35. The van der Waals surface area contributed by atoms with Gasteiger partial charge in [0, 0.05) is 17.7 Å². The maximum Gasteiger partial charge on any atom is 0.322 e. The molecule has 3 N–H and O–H groups in total. The van der Waals surface area contributed by atoms with Crippen LogP contribution >= 0.6 is 0 Å². The molecule has 0 spiro atoms. The molecule has 1 atom stereocenters. The Labute approximate surface area is 136 Å². The van der Waals surface area contributed by atoms with Crippen LogP contribution < -0.4 is 10.6 Å². The summed E-state index contributed by atoms with van der Waals surface area (Å²) in [5.41, 5.74) is 0.959. The Bertz CT molecular complexity index is 552. The molecule has 6 nitrogen and oxygen atoms in total. The van der Waals surface area contributed by atoms with Crippen LogP contribution in [0.15, 0.2) is 24.3 Å². The Morgan fingerprint density at radius 1 is 1.13 bits per heavy atom. The lowest BCUT2D eigenvalue weighted by atomic mass is 9.90. The number of amides is 2. The number of benzene rings is 1. The van der Waals surface area contributed by atoms with Crippen molar-refractivity contribution in [2.24, 2.45) is 11.8 Å². The normalized spacial score (nSPS) is 11.8. The first-order chi connectivity index (χ1) is 10.8. The quantitative estimate of drug-likeness (QED) is 0.686. The van der Waals surface area contributed by atoms with Gasteiger partial charge in [0.05, 0.1) is 0 Å². The Morgan fingerprint density at radius 2 is 1.74 bits per heavy atom. The van der Waals surface area contributed by atoms with Gasteiger partial charge in [-0.15, -0.1) is 0 Å². The fraction of sp³-hybridized carbons (Fsp3) is 0.471. The second kappa shape index (κ2) is 8.92. The van der Waals surface area contributed by atoms with E-state index in [4.69, 9.17) is 5.11 Å². The summed E-state index contributed by atoms with van der Waals surface area (Å²) in [7, 11) is 0. The van der Waals surface area contributed by atoms with E-state index in [0.29, 0.717) is 29.5 Å². The third-order valence-electron chi connectivity index (χ3n) is 3.75. The zero-order valence-electron chi connectivity index (χ0n) is 13.8. The number of carboxylic acids is 1. The molecular weight excluding hydrogens is 296 g/mol. The lowest BCUT2D eigenvalue weighted by Gasteiger charge is -2.18. The minimum absolute atomic E-state index is 0.0476. The summed E-state index contributed by atoms with van der Waals surface area (Å²) in [5, 5.41) is 13.6. The number of nitrogens with one attached hydrogen (secondary N) is 2. The second-order valence-electron chi connectivity index (χ2n) is 5.82. The van der Waals surface area contributed by atoms with Crippen LogP contribution in [0.1, 0.15) is 44.0 Å². The molecule has 1 aromatic rings. The summed E-state index contributed by atoms with van der Waals surface area (Å²) in [5.74, 6) is -0.815. The molecule has 0 aliphatic heterocycles. The summed E-state index contributed by atoms with van der Waals surface area (Å²) < 4.78 is 0. The SMILES string of the molecule is CCC(CC(=O)Nc1ccc(C(=O)NCC(=O)O)cc1)C(C)C. The van der Waals surface area contributed by atoms with E-state index in [2.05, 4.69) is 31.4 Å². The fourth-order valence-corrected chi connectivity index (χ4v) is 2.26. The molecule has 1 unspecified atom stereocenters. The van der Waals surface area contributed by atoms with E-state index in [1.54, 1.807) is 24.3 Å². The van der Waals surface area contributed by atoms with Gasteiger partial charge in [-0.2, -0.15) is 0 Å². The molecular formula is C17H24N2O4. The van der Waals surface area contributed by atoms with E-state index in [0.717, 1.165) is 6.42 Å². The first-order valence-electron chi connectivity index (χ1n) is 7.73. The van der Waals surface area contributed by atoms with Crippen molar-refractivity contribution < 1.29 is 19.5 Å². The van der Waals surface area contributed by atoms with Crippen LogP contribution in [0.5, 0.6) is 0 Å². The van der Waals surface area contributed by atoms with Crippen molar-refractivity contribution in [2.45, 2.75) is 33.6 Å². The van der Waals surface area contributed by atoms with Gasteiger partial charge in [-0.05, 0) is 36.1 Å². The van der Waals surface area contributed by atoms with Crippen molar-refractivity contribution in [1.82, 2.24) is 5.32 Å². The highest BCUT2D eigenvalue weighted by atomic mass is 16.4. The van der Waals surface area contributed by atoms with Crippen LogP contribution in [0.25, 0.3) is 0 Å². The number of hydrogen-bond donors (Lipinski definition) is 3. The fourth-order valence-electron chi connectivity index (χ4n) is 2.26. The van der Waals surface area contributed by atoms with Crippen LogP contribution in [0.3, 0.4) is 0 Å². The van der Waals surface area contributed by atoms with Crippen molar-refractivity contribution in [3.63, 3.8) is 0 Å². The van der Waals surface area contributed by atoms with Gasteiger partial charge < -0.3 is 15.7 Å². The summed E-state index contributed by atoms with van der Waals surface area (Å²) in [6.45, 7) is 5.85. The van der Waals surface area contributed by atoms with Crippen molar-refractivity contribution in [3.05, 3.63) is 29.8 Å². The molecule has 126 valence electrons. The molecule has 0 radical (unpaired) electrons. The molecule has 6 heteroatoms. The van der Waals surface area contributed by atoms with Gasteiger partial charge in [0.1, 0.15) is 6.54 Å². The molecule has 0 saturated heterocycles. The van der Waals surface area contributed by atoms with Gasteiger partial charge in [0.25, 0.3) is 5.91 Å². The number of carboxylic acid groups (broad SMARTS) is 1. The predicted octanol–water partition coefficient (Wildman–Crippen LogP) is 2.51. The summed E-state index contributed by atoms with van der Waals surface area (Å²) >= 11 is 0. The first kappa shape index (κ1) is 18.7. The number of carbonyl (C=O) groups is 3. The average molecular weight is 320 g/mol. The van der Waals surface area contributed by atoms with Crippen LogP contribution in [0.2, 0.25) is 0 Å². The molecule has 23 heavy (non-hydrogen) atoms. The Hall–Kier alpha value is -2.37. The van der Waals surface area contributed by atoms with Gasteiger partial charge in [-0.3, -0.25) is 14.4 Å². The standard InChI is InChI=1S/C17H24N2O4/c1-4-12(11(2)3)9-15(20)19-14-7-5-13(6-8-14)17(23)18-10-16(21)22/h5-8,11-12H,4,9-10H2,1-3H3,(H,18,23)(H,19,20)(H,21,22). The maximum absolute atomic E-state index is 12.0.